The van der Waals surface area contributed by atoms with Gasteiger partial charge in [-0.25, -0.2) is 0 Å². The number of thiophene rings is 1. The predicted molar refractivity (Wildman–Crippen MR) is 87.6 cm³/mol. The summed E-state index contributed by atoms with van der Waals surface area (Å²) in [4.78, 5) is 17.2. The molecule has 1 atom stereocenters. The van der Waals surface area contributed by atoms with Crippen molar-refractivity contribution in [3.05, 3.63) is 35.0 Å². The zero-order valence-corrected chi connectivity index (χ0v) is 13.4. The van der Waals surface area contributed by atoms with Gasteiger partial charge in [0, 0.05) is 25.2 Å². The van der Waals surface area contributed by atoms with E-state index in [0.717, 1.165) is 38.2 Å². The van der Waals surface area contributed by atoms with Gasteiger partial charge in [-0.3, -0.25) is 9.69 Å². The number of amides is 1. The van der Waals surface area contributed by atoms with Crippen LogP contribution in [0.2, 0.25) is 0 Å². The number of likely N-dealkylation sites (tertiary alicyclic amines) is 2. The van der Waals surface area contributed by atoms with Gasteiger partial charge < -0.3 is 4.90 Å². The Balaban J connectivity index is 1.67. The Morgan fingerprint density at radius 1 is 1.38 bits per heavy atom. The van der Waals surface area contributed by atoms with E-state index >= 15 is 0 Å². The first-order chi connectivity index (χ1) is 10.2. The van der Waals surface area contributed by atoms with Crippen molar-refractivity contribution in [2.24, 2.45) is 0 Å². The molecule has 0 N–H and O–H groups in total. The molecule has 2 fully saturated rings. The van der Waals surface area contributed by atoms with Crippen LogP contribution < -0.4 is 0 Å². The van der Waals surface area contributed by atoms with Gasteiger partial charge in [-0.1, -0.05) is 6.08 Å². The molecule has 0 aliphatic carbocycles. The molecule has 0 unspecified atom stereocenters. The standard InChI is InChI=1S/C17H24N2OS/c1-2-8-19-10-4-7-17(19)6-3-9-18(14-17)16(20)12-15-5-11-21-13-15/h2,5,11,13H,1,3-4,6-10,12,14H2/t17-/m0/s1. The number of piperidine rings is 1. The summed E-state index contributed by atoms with van der Waals surface area (Å²) in [7, 11) is 0. The molecule has 4 heteroatoms. The maximum atomic E-state index is 12.6. The van der Waals surface area contributed by atoms with E-state index in [9.17, 15) is 4.79 Å². The fourth-order valence-corrected chi connectivity index (χ4v) is 4.57. The second-order valence-corrected chi connectivity index (χ2v) is 7.07. The normalized spacial score (nSPS) is 26.4. The molecule has 0 bridgehead atoms. The first-order valence-electron chi connectivity index (χ1n) is 7.88. The van der Waals surface area contributed by atoms with Crippen LogP contribution in [0.5, 0.6) is 0 Å². The van der Waals surface area contributed by atoms with E-state index in [4.69, 9.17) is 0 Å². The third-order valence-electron chi connectivity index (χ3n) is 4.93. The SMILES string of the molecule is C=CCN1CCC[C@]12CCCN(C(=O)Cc1ccsc1)C2. The number of hydrogen-bond donors (Lipinski definition) is 0. The number of carbonyl (C=O) groups excluding carboxylic acids is 1. The van der Waals surface area contributed by atoms with Gasteiger partial charge in [-0.2, -0.15) is 11.3 Å². The third-order valence-corrected chi connectivity index (χ3v) is 5.67. The molecule has 3 heterocycles. The van der Waals surface area contributed by atoms with Crippen molar-refractivity contribution in [3.8, 4) is 0 Å². The van der Waals surface area contributed by atoms with Crippen LogP contribution in [0.25, 0.3) is 0 Å². The largest absolute Gasteiger partial charge is 0.341 e. The van der Waals surface area contributed by atoms with Crippen LogP contribution in [0.1, 0.15) is 31.2 Å². The van der Waals surface area contributed by atoms with Gasteiger partial charge in [0.1, 0.15) is 0 Å². The van der Waals surface area contributed by atoms with Gasteiger partial charge in [-0.05, 0) is 54.6 Å². The molecule has 2 aliphatic rings. The Morgan fingerprint density at radius 2 is 2.19 bits per heavy atom. The average molecular weight is 304 g/mol. The van der Waals surface area contributed by atoms with Crippen molar-refractivity contribution < 1.29 is 4.79 Å². The molecule has 21 heavy (non-hydrogen) atoms. The molecule has 1 amide bonds. The summed E-state index contributed by atoms with van der Waals surface area (Å²) in [6.07, 6.45) is 7.38. The van der Waals surface area contributed by atoms with E-state index < -0.39 is 0 Å². The van der Waals surface area contributed by atoms with E-state index in [1.807, 2.05) is 11.5 Å². The highest BCUT2D eigenvalue weighted by Gasteiger charge is 2.44. The zero-order valence-electron chi connectivity index (χ0n) is 12.6. The van der Waals surface area contributed by atoms with Gasteiger partial charge in [0.2, 0.25) is 5.91 Å². The molecule has 1 aromatic heterocycles. The van der Waals surface area contributed by atoms with E-state index in [1.165, 1.54) is 19.3 Å². The summed E-state index contributed by atoms with van der Waals surface area (Å²) in [5.41, 5.74) is 1.37. The molecule has 3 rings (SSSR count). The molecule has 1 aromatic rings. The second-order valence-electron chi connectivity index (χ2n) is 6.29. The van der Waals surface area contributed by atoms with E-state index in [2.05, 4.69) is 27.8 Å². The van der Waals surface area contributed by atoms with Crippen LogP contribution in [0, 0.1) is 0 Å². The number of carbonyl (C=O) groups is 1. The van der Waals surface area contributed by atoms with E-state index in [1.54, 1.807) is 11.3 Å². The lowest BCUT2D eigenvalue weighted by Crippen LogP contribution is -2.57. The number of rotatable bonds is 4. The van der Waals surface area contributed by atoms with Gasteiger partial charge in [-0.15, -0.1) is 6.58 Å². The number of nitrogens with zero attached hydrogens (tertiary/aromatic N) is 2. The maximum absolute atomic E-state index is 12.6. The van der Waals surface area contributed by atoms with Gasteiger partial charge >= 0.3 is 0 Å². The molecule has 2 saturated heterocycles. The zero-order chi connectivity index (χ0) is 14.7. The minimum Gasteiger partial charge on any atom is -0.341 e. The number of hydrogen-bond acceptors (Lipinski definition) is 3. The summed E-state index contributed by atoms with van der Waals surface area (Å²) in [5.74, 6) is 0.290. The maximum Gasteiger partial charge on any atom is 0.227 e. The first-order valence-corrected chi connectivity index (χ1v) is 8.83. The minimum absolute atomic E-state index is 0.219. The van der Waals surface area contributed by atoms with Crippen LogP contribution >= 0.6 is 11.3 Å². The monoisotopic (exact) mass is 304 g/mol. The average Bonchev–Trinajstić information content (AvgIpc) is 3.11. The van der Waals surface area contributed by atoms with Crippen molar-refractivity contribution in [3.63, 3.8) is 0 Å². The second kappa shape index (κ2) is 6.32. The molecule has 0 saturated carbocycles. The molecule has 0 aromatic carbocycles. The first kappa shape index (κ1) is 14.8. The highest BCUT2D eigenvalue weighted by Crippen LogP contribution is 2.37. The summed E-state index contributed by atoms with van der Waals surface area (Å²) < 4.78 is 0. The molecule has 2 aliphatic heterocycles. The van der Waals surface area contributed by atoms with E-state index in [-0.39, 0.29) is 11.4 Å². The summed E-state index contributed by atoms with van der Waals surface area (Å²) in [5, 5.41) is 4.13. The van der Waals surface area contributed by atoms with Crippen LogP contribution in [-0.4, -0.2) is 47.4 Å². The Labute approximate surface area is 131 Å². The van der Waals surface area contributed by atoms with Crippen molar-refractivity contribution in [2.45, 2.75) is 37.6 Å². The van der Waals surface area contributed by atoms with Crippen LogP contribution in [-0.2, 0) is 11.2 Å². The lowest BCUT2D eigenvalue weighted by molar-refractivity contribution is -0.134. The van der Waals surface area contributed by atoms with Crippen molar-refractivity contribution in [1.82, 2.24) is 9.80 Å². The summed E-state index contributed by atoms with van der Waals surface area (Å²) >= 11 is 1.66. The highest BCUT2D eigenvalue weighted by molar-refractivity contribution is 7.07. The summed E-state index contributed by atoms with van der Waals surface area (Å²) in [6.45, 7) is 7.82. The summed E-state index contributed by atoms with van der Waals surface area (Å²) in [6, 6.07) is 2.06. The highest BCUT2D eigenvalue weighted by atomic mass is 32.1. The van der Waals surface area contributed by atoms with Gasteiger partial charge in [0.05, 0.1) is 6.42 Å². The third kappa shape index (κ3) is 3.06. The Bertz CT molecular complexity index is 499. The lowest BCUT2D eigenvalue weighted by atomic mass is 9.86. The van der Waals surface area contributed by atoms with Crippen molar-refractivity contribution >= 4 is 17.2 Å². The Kier molecular flexibility index (Phi) is 4.45. The van der Waals surface area contributed by atoms with Crippen LogP contribution in [0.15, 0.2) is 29.5 Å². The van der Waals surface area contributed by atoms with E-state index in [0.29, 0.717) is 6.42 Å². The Hall–Kier alpha value is -1.13. The topological polar surface area (TPSA) is 23.6 Å². The van der Waals surface area contributed by atoms with Crippen molar-refractivity contribution in [1.29, 1.82) is 0 Å². The van der Waals surface area contributed by atoms with Crippen LogP contribution in [0.4, 0.5) is 0 Å². The fraction of sp³-hybridized carbons (Fsp3) is 0.588. The fourth-order valence-electron chi connectivity index (χ4n) is 3.90. The lowest BCUT2D eigenvalue weighted by Gasteiger charge is -2.46. The van der Waals surface area contributed by atoms with Crippen molar-refractivity contribution in [2.75, 3.05) is 26.2 Å². The molecule has 3 nitrogen and oxygen atoms in total. The molecule has 1 spiro atoms. The minimum atomic E-state index is 0.219. The molecular weight excluding hydrogens is 280 g/mol. The van der Waals surface area contributed by atoms with Crippen LogP contribution in [0.3, 0.4) is 0 Å². The molecular formula is C17H24N2OS. The van der Waals surface area contributed by atoms with Gasteiger partial charge in [0.15, 0.2) is 0 Å². The smallest absolute Gasteiger partial charge is 0.227 e. The molecule has 0 radical (unpaired) electrons. The predicted octanol–water partition coefficient (Wildman–Crippen LogP) is 2.93. The van der Waals surface area contributed by atoms with Gasteiger partial charge in [0.25, 0.3) is 0 Å². The quantitative estimate of drug-likeness (QED) is 0.799. The molecule has 114 valence electrons. The Morgan fingerprint density at radius 3 is 2.90 bits per heavy atom.